The maximum atomic E-state index is 11.8. The van der Waals surface area contributed by atoms with Crippen LogP contribution < -0.4 is 10.2 Å². The van der Waals surface area contributed by atoms with E-state index in [9.17, 15) is 14.7 Å². The van der Waals surface area contributed by atoms with E-state index in [0.29, 0.717) is 18.9 Å². The van der Waals surface area contributed by atoms with Gasteiger partial charge in [-0.25, -0.2) is 14.6 Å². The Labute approximate surface area is 135 Å². The number of ether oxygens (including phenoxy) is 1. The van der Waals surface area contributed by atoms with Gasteiger partial charge in [-0.15, -0.1) is 0 Å². The Balaban J connectivity index is 1.92. The molecule has 2 heterocycles. The van der Waals surface area contributed by atoms with Crippen molar-refractivity contribution in [2.45, 2.75) is 45.3 Å². The molecule has 2 rings (SSSR count). The summed E-state index contributed by atoms with van der Waals surface area (Å²) >= 11 is 0. The number of pyridine rings is 1. The highest BCUT2D eigenvalue weighted by molar-refractivity contribution is 5.93. The molecule has 0 aromatic carbocycles. The molecule has 2 N–H and O–H groups in total. The number of anilines is 1. The van der Waals surface area contributed by atoms with Crippen LogP contribution in [0.4, 0.5) is 10.6 Å². The van der Waals surface area contributed by atoms with Crippen LogP contribution in [0, 0.1) is 0 Å². The van der Waals surface area contributed by atoms with Gasteiger partial charge in [0.2, 0.25) is 0 Å². The molecule has 0 atom stereocenters. The number of alkyl carbamates (subject to hydrolysis) is 1. The van der Waals surface area contributed by atoms with Crippen molar-refractivity contribution < 1.29 is 19.4 Å². The lowest BCUT2D eigenvalue weighted by atomic mass is 10.0. The Hall–Kier alpha value is -2.31. The number of piperidine rings is 1. The maximum Gasteiger partial charge on any atom is 0.407 e. The molecular weight excluding hydrogens is 298 g/mol. The lowest BCUT2D eigenvalue weighted by molar-refractivity contribution is 0.0497. The first kappa shape index (κ1) is 17.1. The molecule has 7 nitrogen and oxygen atoms in total. The molecule has 0 bridgehead atoms. The van der Waals surface area contributed by atoms with Gasteiger partial charge in [0.15, 0.2) is 0 Å². The lowest BCUT2D eigenvalue weighted by Crippen LogP contribution is -2.46. The van der Waals surface area contributed by atoms with E-state index in [1.165, 1.54) is 0 Å². The number of hydrogen-bond donors (Lipinski definition) is 2. The van der Waals surface area contributed by atoms with Gasteiger partial charge in [-0.3, -0.25) is 0 Å². The summed E-state index contributed by atoms with van der Waals surface area (Å²) in [5.74, 6) is -0.502. The summed E-state index contributed by atoms with van der Waals surface area (Å²) in [5, 5.41) is 12.1. The molecular formula is C16H23N3O4. The fourth-order valence-electron chi connectivity index (χ4n) is 2.53. The first-order valence-electron chi connectivity index (χ1n) is 7.69. The highest BCUT2D eigenvalue weighted by Crippen LogP contribution is 2.22. The fraction of sp³-hybridized carbons (Fsp3) is 0.562. The summed E-state index contributed by atoms with van der Waals surface area (Å²) in [4.78, 5) is 29.2. The zero-order valence-corrected chi connectivity index (χ0v) is 13.7. The molecule has 0 spiro atoms. The van der Waals surface area contributed by atoms with Crippen LogP contribution in [-0.2, 0) is 4.74 Å². The first-order valence-corrected chi connectivity index (χ1v) is 7.69. The highest BCUT2D eigenvalue weighted by Gasteiger charge is 2.26. The number of amides is 1. The van der Waals surface area contributed by atoms with Crippen LogP contribution >= 0.6 is 0 Å². The number of nitrogens with zero attached hydrogens (tertiary/aromatic N) is 2. The summed E-state index contributed by atoms with van der Waals surface area (Å²) in [6.07, 6.45) is 2.61. The monoisotopic (exact) mass is 321 g/mol. The van der Waals surface area contributed by atoms with Gasteiger partial charge in [0.05, 0.1) is 0 Å². The smallest absolute Gasteiger partial charge is 0.407 e. The Kier molecular flexibility index (Phi) is 5.08. The van der Waals surface area contributed by atoms with Gasteiger partial charge in [-0.1, -0.05) is 0 Å². The second-order valence-electron chi connectivity index (χ2n) is 6.59. The van der Waals surface area contributed by atoms with Crippen molar-refractivity contribution in [1.29, 1.82) is 0 Å². The molecule has 1 aromatic rings. The van der Waals surface area contributed by atoms with Crippen LogP contribution in [0.25, 0.3) is 0 Å². The number of carboxylic acids is 1. The highest BCUT2D eigenvalue weighted by atomic mass is 16.6. The number of aromatic nitrogens is 1. The molecule has 0 saturated carbocycles. The number of hydrogen-bond acceptors (Lipinski definition) is 5. The molecule has 1 aliphatic rings. The van der Waals surface area contributed by atoms with Gasteiger partial charge in [-0.2, -0.15) is 0 Å². The van der Waals surface area contributed by atoms with Crippen molar-refractivity contribution in [1.82, 2.24) is 10.3 Å². The van der Waals surface area contributed by atoms with Gasteiger partial charge in [0.1, 0.15) is 17.0 Å². The average Bonchev–Trinajstić information content (AvgIpc) is 2.46. The number of carbonyl (C=O) groups is 2. The molecule has 7 heteroatoms. The predicted molar refractivity (Wildman–Crippen MR) is 85.8 cm³/mol. The van der Waals surface area contributed by atoms with Gasteiger partial charge < -0.3 is 20.1 Å². The third-order valence-electron chi connectivity index (χ3n) is 3.53. The Morgan fingerprint density at radius 1 is 1.35 bits per heavy atom. The minimum atomic E-state index is -0.984. The number of nitrogens with one attached hydrogen (secondary N) is 1. The maximum absolute atomic E-state index is 11.8. The van der Waals surface area contributed by atoms with Crippen molar-refractivity contribution in [2.24, 2.45) is 0 Å². The first-order chi connectivity index (χ1) is 10.8. The van der Waals surface area contributed by atoms with Crippen molar-refractivity contribution in [3.8, 4) is 0 Å². The van der Waals surface area contributed by atoms with Gasteiger partial charge >= 0.3 is 12.1 Å². The van der Waals surface area contributed by atoms with Gasteiger partial charge in [0, 0.05) is 25.3 Å². The second-order valence-corrected chi connectivity index (χ2v) is 6.59. The molecule has 23 heavy (non-hydrogen) atoms. The number of carboxylic acid groups (broad SMARTS) is 1. The summed E-state index contributed by atoms with van der Waals surface area (Å²) < 4.78 is 5.25. The van der Waals surface area contributed by atoms with E-state index in [0.717, 1.165) is 12.8 Å². The topological polar surface area (TPSA) is 91.8 Å². The SMILES string of the molecule is CC(C)(C)OC(=O)NC1CCN(c2ncccc2C(=O)O)CC1. The molecule has 1 aliphatic heterocycles. The third kappa shape index (κ3) is 4.84. The lowest BCUT2D eigenvalue weighted by Gasteiger charge is -2.34. The van der Waals surface area contributed by atoms with Crippen molar-refractivity contribution >= 4 is 17.9 Å². The van der Waals surface area contributed by atoms with Crippen LogP contribution in [-0.4, -0.2) is 46.9 Å². The molecule has 1 fully saturated rings. The van der Waals surface area contributed by atoms with Crippen LogP contribution in [0.2, 0.25) is 0 Å². The summed E-state index contributed by atoms with van der Waals surface area (Å²) in [5.41, 5.74) is -0.319. The molecule has 0 unspecified atom stereocenters. The van der Waals surface area contributed by atoms with Crippen LogP contribution in [0.1, 0.15) is 44.0 Å². The molecule has 0 radical (unpaired) electrons. The molecule has 1 saturated heterocycles. The standard InChI is InChI=1S/C16H23N3O4/c1-16(2,3)23-15(22)18-11-6-9-19(10-7-11)13-12(14(20)21)5-4-8-17-13/h4-5,8,11H,6-7,9-10H2,1-3H3,(H,18,22)(H,20,21). The normalized spacial score (nSPS) is 16.0. The van der Waals surface area contributed by atoms with E-state index in [1.54, 1.807) is 18.3 Å². The van der Waals surface area contributed by atoms with E-state index < -0.39 is 17.7 Å². The Bertz CT molecular complexity index is 575. The van der Waals surface area contributed by atoms with Gasteiger partial charge in [0.25, 0.3) is 0 Å². The number of carbonyl (C=O) groups excluding carboxylic acids is 1. The largest absolute Gasteiger partial charge is 0.478 e. The fourth-order valence-corrected chi connectivity index (χ4v) is 2.53. The molecule has 126 valence electrons. The van der Waals surface area contributed by atoms with E-state index in [4.69, 9.17) is 4.74 Å². The average molecular weight is 321 g/mol. The summed E-state index contributed by atoms with van der Waals surface area (Å²) in [6.45, 7) is 6.74. The number of rotatable bonds is 3. The van der Waals surface area contributed by atoms with E-state index in [2.05, 4.69) is 10.3 Å². The van der Waals surface area contributed by atoms with Crippen molar-refractivity contribution in [3.05, 3.63) is 23.9 Å². The minimum absolute atomic E-state index is 0.0260. The van der Waals surface area contributed by atoms with E-state index in [1.807, 2.05) is 25.7 Å². The molecule has 0 aliphatic carbocycles. The minimum Gasteiger partial charge on any atom is -0.478 e. The Morgan fingerprint density at radius 3 is 2.57 bits per heavy atom. The number of aromatic carboxylic acids is 1. The summed E-state index contributed by atoms with van der Waals surface area (Å²) in [7, 11) is 0. The second kappa shape index (κ2) is 6.85. The van der Waals surface area contributed by atoms with Crippen LogP contribution in [0.5, 0.6) is 0 Å². The van der Waals surface area contributed by atoms with E-state index >= 15 is 0 Å². The zero-order valence-electron chi connectivity index (χ0n) is 13.7. The van der Waals surface area contributed by atoms with Crippen LogP contribution in [0.3, 0.4) is 0 Å². The molecule has 1 aromatic heterocycles. The van der Waals surface area contributed by atoms with E-state index in [-0.39, 0.29) is 11.6 Å². The Morgan fingerprint density at radius 2 is 2.00 bits per heavy atom. The summed E-state index contributed by atoms with van der Waals surface area (Å²) in [6, 6.07) is 3.19. The zero-order chi connectivity index (χ0) is 17.0. The third-order valence-corrected chi connectivity index (χ3v) is 3.53. The van der Waals surface area contributed by atoms with Crippen LogP contribution in [0.15, 0.2) is 18.3 Å². The van der Waals surface area contributed by atoms with Crippen molar-refractivity contribution in [2.75, 3.05) is 18.0 Å². The van der Waals surface area contributed by atoms with Crippen molar-refractivity contribution in [3.63, 3.8) is 0 Å². The quantitative estimate of drug-likeness (QED) is 0.887. The predicted octanol–water partition coefficient (Wildman–Crippen LogP) is 2.27. The van der Waals surface area contributed by atoms with Gasteiger partial charge in [-0.05, 0) is 45.7 Å². The molecule has 1 amide bonds.